The average Bonchev–Trinajstić information content (AvgIpc) is 2.87. The summed E-state index contributed by atoms with van der Waals surface area (Å²) >= 11 is 1.57. The van der Waals surface area contributed by atoms with Crippen LogP contribution in [0.1, 0.15) is 24.5 Å². The van der Waals surface area contributed by atoms with Crippen LogP contribution in [0.2, 0.25) is 0 Å². The third-order valence-corrected chi connectivity index (χ3v) is 4.53. The minimum Gasteiger partial charge on any atom is -0.445 e. The second kappa shape index (κ2) is 20.7. The molecule has 1 heterocycles. The number of carbonyl (C=O) groups is 1. The van der Waals surface area contributed by atoms with Crippen molar-refractivity contribution >= 4 is 23.7 Å². The number of aryl methyl sites for hydroxylation is 1. The molecule has 0 saturated heterocycles. The molecule has 2 rings (SSSR count). The summed E-state index contributed by atoms with van der Waals surface area (Å²) in [4.78, 5) is 20.6. The van der Waals surface area contributed by atoms with E-state index in [0.29, 0.717) is 6.54 Å². The molecule has 0 aliphatic carbocycles. The maximum Gasteiger partial charge on any atom is 0.407 e. The third kappa shape index (κ3) is 14.8. The molecule has 0 unspecified atom stereocenters. The molecule has 1 amide bonds. The van der Waals surface area contributed by atoms with E-state index in [-0.39, 0.29) is 6.61 Å². The zero-order valence-electron chi connectivity index (χ0n) is 19.7. The molecule has 0 fully saturated rings. The average molecular weight is 472 g/mol. The van der Waals surface area contributed by atoms with E-state index < -0.39 is 6.09 Å². The Morgan fingerprint density at radius 2 is 1.88 bits per heavy atom. The predicted molar refractivity (Wildman–Crippen MR) is 140 cm³/mol. The molecule has 0 saturated carbocycles. The van der Waals surface area contributed by atoms with Gasteiger partial charge in [-0.15, -0.1) is 13.2 Å². The first-order chi connectivity index (χ1) is 16.6. The molecule has 5 nitrogen and oxygen atoms in total. The minimum absolute atomic E-state index is 0.220. The molecule has 0 aliphatic heterocycles. The number of amides is 1. The quantitative estimate of drug-likeness (QED) is 0.276. The van der Waals surface area contributed by atoms with Crippen molar-refractivity contribution in [2.45, 2.75) is 36.8 Å². The van der Waals surface area contributed by atoms with Gasteiger partial charge in [0, 0.05) is 34.8 Å². The Labute approximate surface area is 206 Å². The van der Waals surface area contributed by atoms with Crippen molar-refractivity contribution in [3.05, 3.63) is 115 Å². The van der Waals surface area contributed by atoms with Crippen molar-refractivity contribution in [1.82, 2.24) is 10.3 Å². The first-order valence-corrected chi connectivity index (χ1v) is 11.1. The molecular formula is C28H29N3O2S. The van der Waals surface area contributed by atoms with Gasteiger partial charge in [0.15, 0.2) is 0 Å². The Balaban J connectivity index is 0.000000767. The third-order valence-electron chi connectivity index (χ3n) is 3.46. The second-order valence-corrected chi connectivity index (χ2v) is 7.07. The largest absolute Gasteiger partial charge is 0.445 e. The standard InChI is InChI=1S/C17H20N2O2S.C9H5N.C2H4/c1-3-10-19-17(20)21-12-14-5-4-11-18-16(14)22-15-8-6-13(2)7-9-15;1-3-5-7-9-10-8-6-4-2;1-2/h4-9,11H,3,10,12H2,1-2H3,(H,19,20);9H,1-2H2;1-2H2. The Morgan fingerprint density at radius 3 is 2.53 bits per heavy atom. The molecule has 6 heteroatoms. The summed E-state index contributed by atoms with van der Waals surface area (Å²) < 4.78 is 5.22. The van der Waals surface area contributed by atoms with Crippen LogP contribution in [0.4, 0.5) is 4.79 Å². The first kappa shape index (κ1) is 29.8. The number of pyridine rings is 1. The van der Waals surface area contributed by atoms with Crippen LogP contribution in [-0.4, -0.2) is 23.5 Å². The van der Waals surface area contributed by atoms with Crippen molar-refractivity contribution in [1.29, 1.82) is 0 Å². The summed E-state index contributed by atoms with van der Waals surface area (Å²) in [5.41, 5.74) is 14.3. The number of ether oxygens (including phenoxy) is 1. The smallest absolute Gasteiger partial charge is 0.407 e. The van der Waals surface area contributed by atoms with Gasteiger partial charge in [0.1, 0.15) is 11.6 Å². The van der Waals surface area contributed by atoms with Crippen LogP contribution < -0.4 is 5.32 Å². The number of nitrogens with one attached hydrogen (secondary N) is 1. The summed E-state index contributed by atoms with van der Waals surface area (Å²) in [6.45, 7) is 17.4. The lowest BCUT2D eigenvalue weighted by molar-refractivity contribution is 0.138. The lowest BCUT2D eigenvalue weighted by Gasteiger charge is -2.09. The summed E-state index contributed by atoms with van der Waals surface area (Å²) in [5, 5.41) is 3.55. The SMILES string of the molecule is C=C.C=C=C=C=CN=C=C=C=C.CCCNC(=O)OCc1cccnc1Sc1ccc(C)cc1. The number of nitrogens with zero attached hydrogens (tertiary/aromatic N) is 2. The van der Waals surface area contributed by atoms with Crippen LogP contribution in [-0.2, 0) is 11.3 Å². The highest BCUT2D eigenvalue weighted by Crippen LogP contribution is 2.29. The summed E-state index contributed by atoms with van der Waals surface area (Å²) in [6.07, 6.45) is 3.60. The highest BCUT2D eigenvalue weighted by atomic mass is 32.2. The van der Waals surface area contributed by atoms with E-state index in [9.17, 15) is 4.79 Å². The number of hydrogen-bond donors (Lipinski definition) is 1. The minimum atomic E-state index is -0.392. The fraction of sp³-hybridized carbons (Fsp3) is 0.179. The number of hydrogen-bond acceptors (Lipinski definition) is 5. The van der Waals surface area contributed by atoms with Gasteiger partial charge in [-0.05, 0) is 56.2 Å². The van der Waals surface area contributed by atoms with Gasteiger partial charge in [-0.25, -0.2) is 9.78 Å². The Bertz CT molecular complexity index is 1100. The monoisotopic (exact) mass is 471 g/mol. The topological polar surface area (TPSA) is 63.6 Å². The number of alkyl carbamates (subject to hydrolysis) is 1. The van der Waals surface area contributed by atoms with Gasteiger partial charge in [0.05, 0.1) is 6.20 Å². The van der Waals surface area contributed by atoms with Gasteiger partial charge in [-0.1, -0.05) is 53.9 Å². The van der Waals surface area contributed by atoms with E-state index in [1.165, 1.54) is 11.8 Å². The number of benzene rings is 1. The van der Waals surface area contributed by atoms with E-state index >= 15 is 0 Å². The molecule has 0 atom stereocenters. The Kier molecular flexibility index (Phi) is 18.2. The van der Waals surface area contributed by atoms with Crippen molar-refractivity contribution < 1.29 is 9.53 Å². The molecule has 174 valence electrons. The predicted octanol–water partition coefficient (Wildman–Crippen LogP) is 6.74. The number of aliphatic imine (C=N–C) groups is 1. The first-order valence-electron chi connectivity index (χ1n) is 10.3. The molecule has 0 aliphatic rings. The van der Waals surface area contributed by atoms with Crippen molar-refractivity contribution in [3.63, 3.8) is 0 Å². The zero-order valence-corrected chi connectivity index (χ0v) is 20.5. The van der Waals surface area contributed by atoms with Gasteiger partial charge < -0.3 is 10.1 Å². The fourth-order valence-electron chi connectivity index (χ4n) is 1.98. The number of rotatable bonds is 7. The summed E-state index contributed by atoms with van der Waals surface area (Å²) in [7, 11) is 0. The van der Waals surface area contributed by atoms with Gasteiger partial charge in [-0.3, -0.25) is 0 Å². The highest BCUT2D eigenvalue weighted by molar-refractivity contribution is 7.99. The molecule has 0 radical (unpaired) electrons. The molecule has 0 spiro atoms. The van der Waals surface area contributed by atoms with Crippen LogP contribution in [0.3, 0.4) is 0 Å². The summed E-state index contributed by atoms with van der Waals surface area (Å²) in [6, 6.07) is 12.0. The van der Waals surface area contributed by atoms with Gasteiger partial charge in [0.25, 0.3) is 0 Å². The fourth-order valence-corrected chi connectivity index (χ4v) is 2.85. The van der Waals surface area contributed by atoms with Crippen molar-refractivity contribution in [3.8, 4) is 0 Å². The molecule has 1 aromatic heterocycles. The van der Waals surface area contributed by atoms with E-state index in [0.717, 1.165) is 21.9 Å². The zero-order chi connectivity index (χ0) is 25.4. The van der Waals surface area contributed by atoms with Gasteiger partial charge >= 0.3 is 6.09 Å². The maximum atomic E-state index is 11.5. The van der Waals surface area contributed by atoms with Gasteiger partial charge in [0.2, 0.25) is 0 Å². The molecule has 34 heavy (non-hydrogen) atoms. The van der Waals surface area contributed by atoms with Crippen molar-refractivity contribution in [2.24, 2.45) is 4.99 Å². The van der Waals surface area contributed by atoms with E-state index in [4.69, 9.17) is 4.74 Å². The van der Waals surface area contributed by atoms with E-state index in [1.54, 1.807) is 18.0 Å². The van der Waals surface area contributed by atoms with E-state index in [2.05, 4.69) is 107 Å². The summed E-state index contributed by atoms with van der Waals surface area (Å²) in [5.74, 6) is 2.39. The number of aromatic nitrogens is 1. The van der Waals surface area contributed by atoms with Crippen LogP contribution in [0.25, 0.3) is 0 Å². The molecule has 2 aromatic rings. The van der Waals surface area contributed by atoms with E-state index in [1.807, 2.05) is 19.1 Å². The number of carbonyl (C=O) groups excluding carboxylic acids is 1. The highest BCUT2D eigenvalue weighted by Gasteiger charge is 2.08. The Morgan fingerprint density at radius 1 is 1.18 bits per heavy atom. The van der Waals surface area contributed by atoms with Crippen LogP contribution >= 0.6 is 11.8 Å². The maximum absolute atomic E-state index is 11.5. The second-order valence-electron chi connectivity index (χ2n) is 6.00. The molecule has 1 N–H and O–H groups in total. The molecule has 0 bridgehead atoms. The Hall–Kier alpha value is -4.18. The van der Waals surface area contributed by atoms with Crippen LogP contribution in [0.15, 0.2) is 119 Å². The normalized spacial score (nSPS) is 8.06. The molecular weight excluding hydrogens is 442 g/mol. The molecule has 1 aromatic carbocycles. The lowest BCUT2D eigenvalue weighted by Crippen LogP contribution is -2.24. The van der Waals surface area contributed by atoms with Crippen molar-refractivity contribution in [2.75, 3.05) is 6.54 Å². The van der Waals surface area contributed by atoms with Crippen LogP contribution in [0.5, 0.6) is 0 Å². The van der Waals surface area contributed by atoms with Gasteiger partial charge in [-0.2, -0.15) is 4.99 Å². The van der Waals surface area contributed by atoms with Crippen LogP contribution in [0, 0.1) is 6.92 Å². The lowest BCUT2D eigenvalue weighted by atomic mass is 10.2.